The van der Waals surface area contributed by atoms with Crippen molar-refractivity contribution in [3.63, 3.8) is 0 Å². The van der Waals surface area contributed by atoms with Crippen molar-refractivity contribution in [3.8, 4) is 0 Å². The van der Waals surface area contributed by atoms with Crippen LogP contribution in [0.15, 0.2) is 41.5 Å². The van der Waals surface area contributed by atoms with Crippen LogP contribution in [0.5, 0.6) is 0 Å². The lowest BCUT2D eigenvalue weighted by molar-refractivity contribution is 0.366. The van der Waals surface area contributed by atoms with Gasteiger partial charge < -0.3 is 4.90 Å². The molecule has 0 amide bonds. The summed E-state index contributed by atoms with van der Waals surface area (Å²) in [4.78, 5) is 10.9. The van der Waals surface area contributed by atoms with Crippen LogP contribution in [0.4, 0.5) is 5.69 Å². The van der Waals surface area contributed by atoms with Crippen LogP contribution in [0.2, 0.25) is 5.02 Å². The molecule has 0 aliphatic carbocycles. The van der Waals surface area contributed by atoms with E-state index < -0.39 is 0 Å². The second-order valence-corrected chi connectivity index (χ2v) is 7.03. The van der Waals surface area contributed by atoms with Gasteiger partial charge in [-0.05, 0) is 31.0 Å². The summed E-state index contributed by atoms with van der Waals surface area (Å²) in [7, 11) is 0. The molecule has 0 atom stereocenters. The van der Waals surface area contributed by atoms with Crippen LogP contribution in [-0.4, -0.2) is 32.8 Å². The number of benzene rings is 1. The average Bonchev–Trinajstić information content (AvgIpc) is 3.09. The molecule has 23 heavy (non-hydrogen) atoms. The minimum atomic E-state index is 0.428. The molecule has 4 rings (SSSR count). The molecule has 2 aromatic heterocycles. The highest BCUT2D eigenvalue weighted by Crippen LogP contribution is 2.35. The summed E-state index contributed by atoms with van der Waals surface area (Å²) in [5.74, 6) is 0. The third-order valence-corrected chi connectivity index (χ3v) is 5.10. The first-order valence-electron chi connectivity index (χ1n) is 7.55. The fraction of sp³-hybridized carbons (Fsp3) is 0.312. The Morgan fingerprint density at radius 1 is 1.22 bits per heavy atom. The summed E-state index contributed by atoms with van der Waals surface area (Å²) in [5.41, 5.74) is 2.04. The number of aromatic nitrogens is 4. The quantitative estimate of drug-likeness (QED) is 0.659. The molecule has 1 aliphatic heterocycles. The lowest BCUT2D eigenvalue weighted by Crippen LogP contribution is -2.34. The maximum absolute atomic E-state index is 6.33. The van der Waals surface area contributed by atoms with Gasteiger partial charge in [-0.15, -0.1) is 0 Å². The zero-order valence-corrected chi connectivity index (χ0v) is 14.7. The fourth-order valence-corrected chi connectivity index (χ4v) is 4.08. The van der Waals surface area contributed by atoms with E-state index in [0.717, 1.165) is 41.3 Å². The molecular weight excluding hydrogens is 378 g/mol. The Morgan fingerprint density at radius 3 is 2.78 bits per heavy atom. The van der Waals surface area contributed by atoms with E-state index in [1.807, 2.05) is 16.9 Å². The Kier molecular flexibility index (Phi) is 3.95. The van der Waals surface area contributed by atoms with E-state index in [4.69, 9.17) is 11.6 Å². The van der Waals surface area contributed by atoms with E-state index in [-0.39, 0.29) is 0 Å². The topological polar surface area (TPSA) is 46.8 Å². The summed E-state index contributed by atoms with van der Waals surface area (Å²) in [6.07, 6.45) is 7.34. The largest absolute Gasteiger partial charge is 0.371 e. The van der Waals surface area contributed by atoms with E-state index in [9.17, 15) is 0 Å². The fourth-order valence-electron chi connectivity index (χ4n) is 3.22. The Balaban J connectivity index is 1.63. The summed E-state index contributed by atoms with van der Waals surface area (Å²) < 4.78 is 2.94. The van der Waals surface area contributed by atoms with E-state index in [1.54, 1.807) is 12.7 Å². The predicted molar refractivity (Wildman–Crippen MR) is 95.0 cm³/mol. The highest BCUT2D eigenvalue weighted by molar-refractivity contribution is 9.10. The Labute approximate surface area is 147 Å². The second-order valence-electron chi connectivity index (χ2n) is 5.71. The van der Waals surface area contributed by atoms with Crippen molar-refractivity contribution in [2.24, 2.45) is 0 Å². The monoisotopic (exact) mass is 391 g/mol. The van der Waals surface area contributed by atoms with Gasteiger partial charge >= 0.3 is 0 Å². The van der Waals surface area contributed by atoms with Gasteiger partial charge in [0.1, 0.15) is 12.7 Å². The molecule has 1 aromatic carbocycles. The number of anilines is 1. The van der Waals surface area contributed by atoms with Gasteiger partial charge in [0.05, 0.1) is 16.6 Å². The number of hydrogen-bond acceptors (Lipinski definition) is 4. The average molecular weight is 393 g/mol. The van der Waals surface area contributed by atoms with E-state index in [0.29, 0.717) is 11.1 Å². The Bertz CT molecular complexity index is 828. The third-order valence-electron chi connectivity index (χ3n) is 4.36. The summed E-state index contributed by atoms with van der Waals surface area (Å²) in [5, 5.41) is 6.03. The van der Waals surface area contributed by atoms with Crippen molar-refractivity contribution in [2.45, 2.75) is 18.9 Å². The zero-order chi connectivity index (χ0) is 15.8. The molecule has 0 bridgehead atoms. The van der Waals surface area contributed by atoms with Crippen molar-refractivity contribution in [3.05, 3.63) is 46.5 Å². The van der Waals surface area contributed by atoms with Crippen LogP contribution >= 0.6 is 27.5 Å². The Hall–Kier alpha value is -1.66. The van der Waals surface area contributed by atoms with Gasteiger partial charge in [-0.3, -0.25) is 4.98 Å². The van der Waals surface area contributed by atoms with Crippen molar-refractivity contribution in [2.75, 3.05) is 18.0 Å². The molecule has 0 radical (unpaired) electrons. The van der Waals surface area contributed by atoms with Crippen LogP contribution < -0.4 is 4.90 Å². The molecule has 0 N–H and O–H groups in total. The van der Waals surface area contributed by atoms with Crippen molar-refractivity contribution in [1.82, 2.24) is 19.7 Å². The maximum Gasteiger partial charge on any atom is 0.137 e. The minimum Gasteiger partial charge on any atom is -0.371 e. The van der Waals surface area contributed by atoms with Crippen LogP contribution in [0, 0.1) is 0 Å². The first-order chi connectivity index (χ1) is 11.2. The van der Waals surface area contributed by atoms with Gasteiger partial charge in [0, 0.05) is 34.8 Å². The highest BCUT2D eigenvalue weighted by Gasteiger charge is 2.22. The van der Waals surface area contributed by atoms with Crippen molar-refractivity contribution < 1.29 is 0 Å². The molecule has 1 saturated heterocycles. The van der Waals surface area contributed by atoms with Crippen molar-refractivity contribution in [1.29, 1.82) is 0 Å². The third kappa shape index (κ3) is 2.81. The summed E-state index contributed by atoms with van der Waals surface area (Å²) >= 11 is 9.86. The number of pyridine rings is 1. The number of fused-ring (bicyclic) bond motifs is 1. The standard InChI is InChI=1S/C16H15BrClN5/c17-11-7-13-15(1-4-20-16(13)14(18)8-11)22-5-2-12(3-6-22)23-10-19-9-21-23/h1,4,7-10,12H,2-3,5-6H2. The molecule has 5 nitrogen and oxygen atoms in total. The van der Waals surface area contributed by atoms with Gasteiger partial charge in [-0.1, -0.05) is 27.5 Å². The predicted octanol–water partition coefficient (Wildman–Crippen LogP) is 4.08. The highest BCUT2D eigenvalue weighted by atomic mass is 79.9. The molecule has 0 unspecified atom stereocenters. The van der Waals surface area contributed by atoms with Gasteiger partial charge in [0.15, 0.2) is 0 Å². The molecule has 7 heteroatoms. The summed E-state index contributed by atoms with van der Waals surface area (Å²) in [6, 6.07) is 6.48. The van der Waals surface area contributed by atoms with E-state index in [2.05, 4.69) is 48.0 Å². The summed E-state index contributed by atoms with van der Waals surface area (Å²) in [6.45, 7) is 1.96. The Morgan fingerprint density at radius 2 is 2.04 bits per heavy atom. The second kappa shape index (κ2) is 6.09. The molecule has 3 heterocycles. The molecule has 3 aromatic rings. The normalized spacial score (nSPS) is 16.2. The number of piperidine rings is 1. The lowest BCUT2D eigenvalue weighted by Gasteiger charge is -2.34. The molecule has 0 saturated carbocycles. The first kappa shape index (κ1) is 14.9. The van der Waals surface area contributed by atoms with Crippen molar-refractivity contribution >= 4 is 44.1 Å². The van der Waals surface area contributed by atoms with Crippen LogP contribution in [-0.2, 0) is 0 Å². The zero-order valence-electron chi connectivity index (χ0n) is 12.4. The molecule has 1 aliphatic rings. The van der Waals surface area contributed by atoms with Crippen LogP contribution in [0.25, 0.3) is 10.9 Å². The molecule has 1 fully saturated rings. The van der Waals surface area contributed by atoms with E-state index >= 15 is 0 Å². The molecular formula is C16H15BrClN5. The van der Waals surface area contributed by atoms with Gasteiger partial charge in [-0.25, -0.2) is 9.67 Å². The van der Waals surface area contributed by atoms with Crippen LogP contribution in [0.3, 0.4) is 0 Å². The number of rotatable bonds is 2. The molecule has 0 spiro atoms. The van der Waals surface area contributed by atoms with Gasteiger partial charge in [0.25, 0.3) is 0 Å². The number of hydrogen-bond donors (Lipinski definition) is 0. The van der Waals surface area contributed by atoms with Gasteiger partial charge in [-0.2, -0.15) is 5.10 Å². The maximum atomic E-state index is 6.33. The lowest BCUT2D eigenvalue weighted by atomic mass is 10.0. The van der Waals surface area contributed by atoms with Crippen LogP contribution in [0.1, 0.15) is 18.9 Å². The smallest absolute Gasteiger partial charge is 0.137 e. The van der Waals surface area contributed by atoms with E-state index in [1.165, 1.54) is 5.69 Å². The molecule has 118 valence electrons. The van der Waals surface area contributed by atoms with Gasteiger partial charge in [0.2, 0.25) is 0 Å². The number of nitrogens with zero attached hydrogens (tertiary/aromatic N) is 5. The SMILES string of the molecule is Clc1cc(Br)cc2c(N3CCC(n4cncn4)CC3)ccnc12. The number of halogens is 2. The first-order valence-corrected chi connectivity index (χ1v) is 8.72. The minimum absolute atomic E-state index is 0.428.